The van der Waals surface area contributed by atoms with E-state index in [0.29, 0.717) is 30.9 Å². The van der Waals surface area contributed by atoms with Crippen molar-refractivity contribution in [3.05, 3.63) is 101 Å². The van der Waals surface area contributed by atoms with Gasteiger partial charge in [0.2, 0.25) is 0 Å². The predicted molar refractivity (Wildman–Crippen MR) is 119 cm³/mol. The topological polar surface area (TPSA) is 69.3 Å². The standard InChI is InChI=1S/C25H25N3O3/c1-3-24-23(15-26-28(24)21-11-9-18(2)10-12-21)25(29)27-20-7-4-6-19(14-20)16-30-17-22-8-5-13-31-22/h4-15H,3,16-17H2,1-2H3,(H,27,29). The van der Waals surface area contributed by atoms with Crippen LogP contribution in [-0.2, 0) is 24.4 Å². The third-order valence-electron chi connectivity index (χ3n) is 5.00. The molecule has 2 aromatic carbocycles. The van der Waals surface area contributed by atoms with Gasteiger partial charge in [0, 0.05) is 5.69 Å². The van der Waals surface area contributed by atoms with Crippen LogP contribution in [0, 0.1) is 6.92 Å². The van der Waals surface area contributed by atoms with Gasteiger partial charge in [-0.2, -0.15) is 5.10 Å². The van der Waals surface area contributed by atoms with Crippen molar-refractivity contribution in [1.29, 1.82) is 0 Å². The van der Waals surface area contributed by atoms with Gasteiger partial charge < -0.3 is 14.5 Å². The number of nitrogens with one attached hydrogen (secondary N) is 1. The molecule has 2 heterocycles. The average Bonchev–Trinajstić information content (AvgIpc) is 3.44. The first kappa shape index (κ1) is 20.6. The second kappa shape index (κ2) is 9.45. The fourth-order valence-corrected chi connectivity index (χ4v) is 3.41. The van der Waals surface area contributed by atoms with Gasteiger partial charge >= 0.3 is 0 Å². The Hall–Kier alpha value is -3.64. The molecule has 6 nitrogen and oxygen atoms in total. The summed E-state index contributed by atoms with van der Waals surface area (Å²) >= 11 is 0. The molecule has 0 bridgehead atoms. The zero-order chi connectivity index (χ0) is 21.6. The second-order valence-corrected chi connectivity index (χ2v) is 7.33. The molecule has 4 rings (SSSR count). The highest BCUT2D eigenvalue weighted by Gasteiger charge is 2.17. The number of amides is 1. The molecule has 0 aliphatic heterocycles. The van der Waals surface area contributed by atoms with Crippen LogP contribution < -0.4 is 5.32 Å². The molecule has 0 atom stereocenters. The van der Waals surface area contributed by atoms with Crippen LogP contribution in [0.5, 0.6) is 0 Å². The third-order valence-corrected chi connectivity index (χ3v) is 5.00. The lowest BCUT2D eigenvalue weighted by Crippen LogP contribution is -2.14. The first-order valence-corrected chi connectivity index (χ1v) is 10.3. The summed E-state index contributed by atoms with van der Waals surface area (Å²) in [5, 5.41) is 7.44. The lowest BCUT2D eigenvalue weighted by atomic mass is 10.1. The van der Waals surface area contributed by atoms with Crippen LogP contribution in [0.2, 0.25) is 0 Å². The van der Waals surface area contributed by atoms with Crippen LogP contribution in [0.25, 0.3) is 5.69 Å². The van der Waals surface area contributed by atoms with Crippen LogP contribution in [0.1, 0.15) is 39.9 Å². The number of hydrogen-bond acceptors (Lipinski definition) is 4. The zero-order valence-corrected chi connectivity index (χ0v) is 17.7. The Morgan fingerprint density at radius 2 is 1.94 bits per heavy atom. The first-order valence-electron chi connectivity index (χ1n) is 10.3. The summed E-state index contributed by atoms with van der Waals surface area (Å²) < 4.78 is 12.8. The number of aryl methyl sites for hydroxylation is 1. The van der Waals surface area contributed by atoms with E-state index in [1.807, 2.05) is 79.2 Å². The maximum atomic E-state index is 13.0. The molecule has 0 radical (unpaired) electrons. The van der Waals surface area contributed by atoms with E-state index in [2.05, 4.69) is 10.4 Å². The molecule has 4 aromatic rings. The van der Waals surface area contributed by atoms with Gasteiger partial charge in [-0.05, 0) is 55.3 Å². The van der Waals surface area contributed by atoms with Crippen LogP contribution in [0.4, 0.5) is 5.69 Å². The van der Waals surface area contributed by atoms with Crippen molar-refractivity contribution in [2.75, 3.05) is 5.32 Å². The summed E-state index contributed by atoms with van der Waals surface area (Å²) in [6.07, 6.45) is 3.95. The third kappa shape index (κ3) is 4.92. The van der Waals surface area contributed by atoms with Crippen molar-refractivity contribution in [2.45, 2.75) is 33.5 Å². The molecule has 0 aliphatic carbocycles. The van der Waals surface area contributed by atoms with E-state index in [0.717, 1.165) is 22.7 Å². The lowest BCUT2D eigenvalue weighted by molar-refractivity contribution is 0.0929. The molecular weight excluding hydrogens is 390 g/mol. The van der Waals surface area contributed by atoms with Crippen molar-refractivity contribution in [3.63, 3.8) is 0 Å². The molecule has 0 fully saturated rings. The van der Waals surface area contributed by atoms with E-state index in [9.17, 15) is 4.79 Å². The van der Waals surface area contributed by atoms with E-state index < -0.39 is 0 Å². The average molecular weight is 415 g/mol. The molecule has 1 N–H and O–H groups in total. The lowest BCUT2D eigenvalue weighted by Gasteiger charge is -2.10. The van der Waals surface area contributed by atoms with Crippen molar-refractivity contribution in [2.24, 2.45) is 0 Å². The zero-order valence-electron chi connectivity index (χ0n) is 17.7. The van der Waals surface area contributed by atoms with Gasteiger partial charge in [0.1, 0.15) is 12.4 Å². The van der Waals surface area contributed by atoms with Gasteiger partial charge in [-0.1, -0.05) is 36.8 Å². The van der Waals surface area contributed by atoms with E-state index in [1.165, 1.54) is 5.56 Å². The van der Waals surface area contributed by atoms with Gasteiger partial charge in [0.25, 0.3) is 5.91 Å². The molecule has 1 amide bonds. The number of furan rings is 1. The van der Waals surface area contributed by atoms with E-state index in [1.54, 1.807) is 12.5 Å². The van der Waals surface area contributed by atoms with Crippen LogP contribution in [-0.4, -0.2) is 15.7 Å². The van der Waals surface area contributed by atoms with E-state index in [-0.39, 0.29) is 5.91 Å². The Morgan fingerprint density at radius 1 is 1.10 bits per heavy atom. The van der Waals surface area contributed by atoms with Crippen molar-refractivity contribution >= 4 is 11.6 Å². The van der Waals surface area contributed by atoms with Crippen LogP contribution in [0.3, 0.4) is 0 Å². The molecule has 2 aromatic heterocycles. The number of carbonyl (C=O) groups excluding carboxylic acids is 1. The van der Waals surface area contributed by atoms with Crippen molar-refractivity contribution < 1.29 is 13.9 Å². The quantitative estimate of drug-likeness (QED) is 0.424. The molecule has 0 saturated heterocycles. The van der Waals surface area contributed by atoms with Crippen molar-refractivity contribution in [1.82, 2.24) is 9.78 Å². The predicted octanol–water partition coefficient (Wildman–Crippen LogP) is 5.31. The Bertz CT molecular complexity index is 1150. The largest absolute Gasteiger partial charge is 0.467 e. The van der Waals surface area contributed by atoms with Crippen LogP contribution >= 0.6 is 0 Å². The number of aromatic nitrogens is 2. The fraction of sp³-hybridized carbons (Fsp3) is 0.200. The second-order valence-electron chi connectivity index (χ2n) is 7.33. The molecule has 158 valence electrons. The van der Waals surface area contributed by atoms with Gasteiger partial charge in [-0.25, -0.2) is 4.68 Å². The maximum absolute atomic E-state index is 13.0. The van der Waals surface area contributed by atoms with Gasteiger partial charge in [-0.15, -0.1) is 0 Å². The summed E-state index contributed by atoms with van der Waals surface area (Å²) in [5.74, 6) is 0.603. The maximum Gasteiger partial charge on any atom is 0.259 e. The number of carbonyl (C=O) groups is 1. The Kier molecular flexibility index (Phi) is 6.29. The smallest absolute Gasteiger partial charge is 0.259 e. The monoisotopic (exact) mass is 415 g/mol. The minimum atomic E-state index is -0.177. The summed E-state index contributed by atoms with van der Waals surface area (Å²) in [6, 6.07) is 19.4. The Morgan fingerprint density at radius 3 is 2.68 bits per heavy atom. The number of hydrogen-bond donors (Lipinski definition) is 1. The molecule has 0 unspecified atom stereocenters. The minimum Gasteiger partial charge on any atom is -0.467 e. The molecule has 6 heteroatoms. The molecule has 0 aliphatic rings. The van der Waals surface area contributed by atoms with Crippen molar-refractivity contribution in [3.8, 4) is 5.69 Å². The SMILES string of the molecule is CCc1c(C(=O)Nc2cccc(COCc3ccco3)c2)cnn1-c1ccc(C)cc1. The molecule has 0 saturated carbocycles. The van der Waals surface area contributed by atoms with Gasteiger partial charge in [-0.3, -0.25) is 4.79 Å². The molecular formula is C25H25N3O3. The highest BCUT2D eigenvalue weighted by Crippen LogP contribution is 2.19. The highest BCUT2D eigenvalue weighted by atomic mass is 16.5. The highest BCUT2D eigenvalue weighted by molar-refractivity contribution is 6.05. The molecule has 0 spiro atoms. The van der Waals surface area contributed by atoms with Gasteiger partial charge in [0.15, 0.2) is 0 Å². The molecule has 31 heavy (non-hydrogen) atoms. The summed E-state index contributed by atoms with van der Waals surface area (Å²) in [6.45, 7) is 4.90. The van der Waals surface area contributed by atoms with Crippen LogP contribution in [0.15, 0.2) is 77.5 Å². The minimum absolute atomic E-state index is 0.177. The summed E-state index contributed by atoms with van der Waals surface area (Å²) in [7, 11) is 0. The fourth-order valence-electron chi connectivity index (χ4n) is 3.41. The van der Waals surface area contributed by atoms with Gasteiger partial charge in [0.05, 0.1) is 36.0 Å². The number of anilines is 1. The normalized spacial score (nSPS) is 10.9. The number of benzene rings is 2. The Labute approximate surface area is 181 Å². The number of ether oxygens (including phenoxy) is 1. The Balaban J connectivity index is 1.45. The number of nitrogens with zero attached hydrogens (tertiary/aromatic N) is 2. The first-order chi connectivity index (χ1) is 15.1. The van der Waals surface area contributed by atoms with E-state index in [4.69, 9.17) is 9.15 Å². The number of rotatable bonds is 8. The summed E-state index contributed by atoms with van der Waals surface area (Å²) in [5.41, 5.74) is 5.25. The summed E-state index contributed by atoms with van der Waals surface area (Å²) in [4.78, 5) is 13.0. The van der Waals surface area contributed by atoms with E-state index >= 15 is 0 Å².